The zero-order chi connectivity index (χ0) is 20.5. The van der Waals surface area contributed by atoms with E-state index >= 15 is 0 Å². The number of aryl methyl sites for hydroxylation is 2. The van der Waals surface area contributed by atoms with Crippen LogP contribution in [0.2, 0.25) is 0 Å². The highest BCUT2D eigenvalue weighted by Crippen LogP contribution is 2.34. The van der Waals surface area contributed by atoms with E-state index in [2.05, 4.69) is 15.3 Å². The van der Waals surface area contributed by atoms with Crippen molar-refractivity contribution in [1.82, 2.24) is 9.88 Å². The summed E-state index contributed by atoms with van der Waals surface area (Å²) in [4.78, 5) is 35.8. The first kappa shape index (κ1) is 19.6. The molecule has 2 aromatic carbocycles. The normalized spacial score (nSPS) is 18.0. The molecule has 2 amide bonds. The Bertz CT molecular complexity index is 1090. The van der Waals surface area contributed by atoms with Gasteiger partial charge in [-0.15, -0.1) is 0 Å². The van der Waals surface area contributed by atoms with E-state index in [9.17, 15) is 9.59 Å². The van der Waals surface area contributed by atoms with Crippen LogP contribution in [0.4, 0.5) is 10.8 Å². The Labute approximate surface area is 177 Å². The molecule has 1 fully saturated rings. The number of amidine groups is 1. The van der Waals surface area contributed by atoms with Crippen LogP contribution in [0.1, 0.15) is 17.5 Å². The Morgan fingerprint density at radius 3 is 2.62 bits per heavy atom. The maximum Gasteiger partial charge on any atom is 0.242 e. The fourth-order valence-corrected chi connectivity index (χ4v) is 5.19. The molecule has 1 saturated heterocycles. The van der Waals surface area contributed by atoms with Crippen molar-refractivity contribution in [2.45, 2.75) is 25.5 Å². The number of aromatic nitrogens is 1. The van der Waals surface area contributed by atoms with E-state index in [1.807, 2.05) is 56.3 Å². The SMILES string of the molecule is Cc1cccc(C)c1NC(=O)CC1SC(=Nc2nc3ccccc3s2)N(C)C1=O. The molecule has 0 radical (unpaired) electrons. The lowest BCUT2D eigenvalue weighted by molar-refractivity contribution is -0.127. The number of anilines is 1. The number of carbonyl (C=O) groups excluding carboxylic acids is 2. The van der Waals surface area contributed by atoms with Gasteiger partial charge >= 0.3 is 0 Å². The van der Waals surface area contributed by atoms with Crippen molar-refractivity contribution in [3.8, 4) is 0 Å². The maximum absolute atomic E-state index is 12.6. The van der Waals surface area contributed by atoms with E-state index in [0.717, 1.165) is 27.0 Å². The predicted octanol–water partition coefficient (Wildman–Crippen LogP) is 4.50. The third-order valence-electron chi connectivity index (χ3n) is 4.73. The minimum atomic E-state index is -0.488. The van der Waals surface area contributed by atoms with Crippen LogP contribution in [-0.4, -0.2) is 39.2 Å². The first-order chi connectivity index (χ1) is 13.9. The molecule has 8 heteroatoms. The molecule has 0 aliphatic carbocycles. The van der Waals surface area contributed by atoms with E-state index < -0.39 is 5.25 Å². The Morgan fingerprint density at radius 2 is 1.90 bits per heavy atom. The summed E-state index contributed by atoms with van der Waals surface area (Å²) >= 11 is 2.79. The molecule has 6 nitrogen and oxygen atoms in total. The smallest absolute Gasteiger partial charge is 0.242 e. The summed E-state index contributed by atoms with van der Waals surface area (Å²) in [7, 11) is 1.69. The van der Waals surface area contributed by atoms with Crippen molar-refractivity contribution in [2.75, 3.05) is 12.4 Å². The molecule has 1 aromatic heterocycles. The standard InChI is InChI=1S/C21H20N4O2S2/c1-12-7-6-8-13(2)18(12)23-17(26)11-16-19(27)25(3)21(29-16)24-20-22-14-9-4-5-10-15(14)28-20/h4-10,16H,11H2,1-3H3,(H,23,26). The molecule has 0 saturated carbocycles. The van der Waals surface area contributed by atoms with Crippen LogP contribution in [0.15, 0.2) is 47.5 Å². The number of nitrogens with zero attached hydrogens (tertiary/aromatic N) is 3. The second kappa shape index (κ2) is 7.96. The molecule has 0 bridgehead atoms. The van der Waals surface area contributed by atoms with Gasteiger partial charge in [0, 0.05) is 19.2 Å². The highest BCUT2D eigenvalue weighted by Gasteiger charge is 2.37. The summed E-state index contributed by atoms with van der Waals surface area (Å²) < 4.78 is 1.05. The van der Waals surface area contributed by atoms with Gasteiger partial charge < -0.3 is 5.32 Å². The fraction of sp³-hybridized carbons (Fsp3) is 0.238. The van der Waals surface area contributed by atoms with Crippen molar-refractivity contribution in [3.63, 3.8) is 0 Å². The summed E-state index contributed by atoms with van der Waals surface area (Å²) in [6.07, 6.45) is 0.0977. The van der Waals surface area contributed by atoms with E-state index in [1.165, 1.54) is 28.0 Å². The molecule has 0 spiro atoms. The molecule has 148 valence electrons. The number of rotatable bonds is 4. The maximum atomic E-state index is 12.6. The van der Waals surface area contributed by atoms with Crippen molar-refractivity contribution in [1.29, 1.82) is 0 Å². The van der Waals surface area contributed by atoms with Gasteiger partial charge in [-0.3, -0.25) is 14.5 Å². The van der Waals surface area contributed by atoms with Gasteiger partial charge in [-0.25, -0.2) is 4.98 Å². The molecule has 1 unspecified atom stereocenters. The van der Waals surface area contributed by atoms with E-state index in [1.54, 1.807) is 7.05 Å². The predicted molar refractivity (Wildman–Crippen MR) is 120 cm³/mol. The van der Waals surface area contributed by atoms with Crippen LogP contribution in [0.3, 0.4) is 0 Å². The lowest BCUT2D eigenvalue weighted by Crippen LogP contribution is -2.30. The lowest BCUT2D eigenvalue weighted by Gasteiger charge is -2.12. The highest BCUT2D eigenvalue weighted by atomic mass is 32.2. The van der Waals surface area contributed by atoms with Crippen LogP contribution in [0, 0.1) is 13.8 Å². The van der Waals surface area contributed by atoms with Gasteiger partial charge in [-0.05, 0) is 37.1 Å². The summed E-state index contributed by atoms with van der Waals surface area (Å²) in [6.45, 7) is 3.91. The molecular weight excluding hydrogens is 404 g/mol. The number of thioether (sulfide) groups is 1. The zero-order valence-corrected chi connectivity index (χ0v) is 17.9. The van der Waals surface area contributed by atoms with Crippen LogP contribution in [-0.2, 0) is 9.59 Å². The molecule has 1 aliphatic heterocycles. The first-order valence-corrected chi connectivity index (χ1v) is 10.9. The Hall–Kier alpha value is -2.71. The van der Waals surface area contributed by atoms with Gasteiger partial charge in [0.1, 0.15) is 5.25 Å². The highest BCUT2D eigenvalue weighted by molar-refractivity contribution is 8.15. The van der Waals surface area contributed by atoms with Crippen molar-refractivity contribution < 1.29 is 9.59 Å². The quantitative estimate of drug-likeness (QED) is 0.669. The average molecular weight is 425 g/mol. The van der Waals surface area contributed by atoms with Gasteiger partial charge in [0.25, 0.3) is 0 Å². The van der Waals surface area contributed by atoms with Crippen LogP contribution in [0.5, 0.6) is 0 Å². The van der Waals surface area contributed by atoms with Gasteiger partial charge in [0.15, 0.2) is 5.17 Å². The third kappa shape index (κ3) is 4.04. The number of amides is 2. The second-order valence-electron chi connectivity index (χ2n) is 6.88. The van der Waals surface area contributed by atoms with E-state index in [0.29, 0.717) is 10.3 Å². The molecule has 3 aromatic rings. The minimum Gasteiger partial charge on any atom is -0.326 e. The molecule has 2 heterocycles. The van der Waals surface area contributed by atoms with Gasteiger partial charge in [-0.2, -0.15) is 4.99 Å². The van der Waals surface area contributed by atoms with E-state index in [-0.39, 0.29) is 18.2 Å². The summed E-state index contributed by atoms with van der Waals surface area (Å²) in [5.74, 6) is -0.297. The fourth-order valence-electron chi connectivity index (χ4n) is 3.16. The number of fused-ring (bicyclic) bond motifs is 1. The number of benzene rings is 2. The molecular formula is C21H20N4O2S2. The Morgan fingerprint density at radius 1 is 1.17 bits per heavy atom. The molecule has 1 atom stereocenters. The lowest BCUT2D eigenvalue weighted by atomic mass is 10.1. The number of hydrogen-bond donors (Lipinski definition) is 1. The number of thiazole rings is 1. The Balaban J connectivity index is 1.48. The topological polar surface area (TPSA) is 74.7 Å². The van der Waals surface area contributed by atoms with Crippen molar-refractivity contribution >= 4 is 61.1 Å². The minimum absolute atomic E-state index is 0.0977. The monoisotopic (exact) mass is 424 g/mol. The van der Waals surface area contributed by atoms with E-state index in [4.69, 9.17) is 0 Å². The molecule has 1 aliphatic rings. The van der Waals surface area contributed by atoms with Crippen molar-refractivity contribution in [2.24, 2.45) is 4.99 Å². The van der Waals surface area contributed by atoms with Crippen LogP contribution < -0.4 is 5.32 Å². The average Bonchev–Trinajstić information content (AvgIpc) is 3.21. The van der Waals surface area contributed by atoms with Gasteiger partial charge in [-0.1, -0.05) is 53.4 Å². The summed E-state index contributed by atoms with van der Waals surface area (Å²) in [5.41, 5.74) is 3.70. The zero-order valence-electron chi connectivity index (χ0n) is 16.3. The van der Waals surface area contributed by atoms with Crippen LogP contribution in [0.25, 0.3) is 10.2 Å². The summed E-state index contributed by atoms with van der Waals surface area (Å²) in [5, 5.41) is 3.64. The Kier molecular flexibility index (Phi) is 5.38. The van der Waals surface area contributed by atoms with Gasteiger partial charge in [0.05, 0.1) is 10.2 Å². The number of nitrogens with one attached hydrogen (secondary N) is 1. The van der Waals surface area contributed by atoms with Gasteiger partial charge in [0.2, 0.25) is 16.9 Å². The number of para-hydroxylation sites is 2. The molecule has 4 rings (SSSR count). The summed E-state index contributed by atoms with van der Waals surface area (Å²) in [6, 6.07) is 13.7. The number of aliphatic imine (C=N–C) groups is 1. The molecule has 1 N–H and O–H groups in total. The largest absolute Gasteiger partial charge is 0.326 e. The molecule has 29 heavy (non-hydrogen) atoms. The second-order valence-corrected chi connectivity index (χ2v) is 9.06. The van der Waals surface area contributed by atoms with Crippen LogP contribution >= 0.6 is 23.1 Å². The van der Waals surface area contributed by atoms with Crippen molar-refractivity contribution in [3.05, 3.63) is 53.6 Å². The number of carbonyl (C=O) groups is 2. The number of hydrogen-bond acceptors (Lipinski definition) is 6. The first-order valence-electron chi connectivity index (χ1n) is 9.17. The third-order valence-corrected chi connectivity index (χ3v) is 6.89.